The van der Waals surface area contributed by atoms with Crippen LogP contribution in [0.1, 0.15) is 26.5 Å². The zero-order valence-corrected chi connectivity index (χ0v) is 10.7. The maximum Gasteiger partial charge on any atom is 0.336 e. The molecule has 2 heterocycles. The molecule has 1 aliphatic heterocycles. The zero-order chi connectivity index (χ0) is 14.1. The highest BCUT2D eigenvalue weighted by atomic mass is 16.4. The van der Waals surface area contributed by atoms with Gasteiger partial charge in [-0.05, 0) is 12.1 Å². The quantitative estimate of drug-likeness (QED) is 0.891. The fourth-order valence-electron chi connectivity index (χ4n) is 2.37. The van der Waals surface area contributed by atoms with Crippen molar-refractivity contribution in [3.63, 3.8) is 0 Å². The van der Waals surface area contributed by atoms with E-state index in [9.17, 15) is 9.59 Å². The first-order chi connectivity index (χ1) is 9.66. The van der Waals surface area contributed by atoms with Crippen LogP contribution in [0.4, 0.5) is 0 Å². The second-order valence-electron chi connectivity index (χ2n) is 4.61. The lowest BCUT2D eigenvalue weighted by molar-refractivity contribution is 0.0660. The van der Waals surface area contributed by atoms with Crippen LogP contribution in [0, 0.1) is 0 Å². The van der Waals surface area contributed by atoms with Crippen molar-refractivity contribution in [3.8, 4) is 0 Å². The average molecular weight is 271 g/mol. The Morgan fingerprint density at radius 3 is 2.65 bits per heavy atom. The highest BCUT2D eigenvalue weighted by Crippen LogP contribution is 2.16. The van der Waals surface area contributed by atoms with Gasteiger partial charge in [-0.25, -0.2) is 9.78 Å². The largest absolute Gasteiger partial charge is 0.478 e. The molecule has 102 valence electrons. The maximum atomic E-state index is 12.5. The van der Waals surface area contributed by atoms with Crippen molar-refractivity contribution in [1.29, 1.82) is 0 Å². The Morgan fingerprint density at radius 1 is 1.15 bits per heavy atom. The van der Waals surface area contributed by atoms with Gasteiger partial charge in [-0.1, -0.05) is 12.1 Å². The van der Waals surface area contributed by atoms with Gasteiger partial charge in [-0.15, -0.1) is 0 Å². The van der Waals surface area contributed by atoms with E-state index in [1.54, 1.807) is 29.3 Å². The molecule has 0 atom stereocenters. The first-order valence-electron chi connectivity index (χ1n) is 6.28. The number of aromatic carboxylic acids is 1. The normalized spacial score (nSPS) is 13.9. The first kappa shape index (κ1) is 12.4. The monoisotopic (exact) mass is 271 g/mol. The molecular weight excluding hydrogens is 258 g/mol. The summed E-state index contributed by atoms with van der Waals surface area (Å²) >= 11 is 0. The van der Waals surface area contributed by atoms with E-state index in [0.29, 0.717) is 19.6 Å². The van der Waals surface area contributed by atoms with Crippen LogP contribution in [0.25, 0.3) is 0 Å². The van der Waals surface area contributed by atoms with E-state index >= 15 is 0 Å². The molecule has 0 bridgehead atoms. The highest BCUT2D eigenvalue weighted by molar-refractivity contribution is 6.04. The topological polar surface area (TPSA) is 75.4 Å². The van der Waals surface area contributed by atoms with E-state index in [0.717, 1.165) is 5.82 Å². The van der Waals surface area contributed by atoms with Gasteiger partial charge in [-0.2, -0.15) is 0 Å². The molecular formula is C14H13N3O3. The molecule has 20 heavy (non-hydrogen) atoms. The van der Waals surface area contributed by atoms with Gasteiger partial charge >= 0.3 is 5.97 Å². The van der Waals surface area contributed by atoms with E-state index in [1.807, 2.05) is 10.8 Å². The van der Waals surface area contributed by atoms with E-state index < -0.39 is 5.97 Å². The van der Waals surface area contributed by atoms with Crippen LogP contribution in [0.2, 0.25) is 0 Å². The SMILES string of the molecule is O=C(O)c1ccccc1C(=O)N1CCn2ccnc2C1. The van der Waals surface area contributed by atoms with Crippen molar-refractivity contribution in [2.45, 2.75) is 13.1 Å². The molecule has 1 aromatic carbocycles. The van der Waals surface area contributed by atoms with Gasteiger partial charge in [0.2, 0.25) is 0 Å². The molecule has 0 saturated carbocycles. The first-order valence-corrected chi connectivity index (χ1v) is 6.28. The lowest BCUT2D eigenvalue weighted by Crippen LogP contribution is -2.38. The molecule has 0 radical (unpaired) electrons. The lowest BCUT2D eigenvalue weighted by Gasteiger charge is -2.28. The molecule has 1 amide bonds. The van der Waals surface area contributed by atoms with Crippen LogP contribution in [-0.2, 0) is 13.1 Å². The maximum absolute atomic E-state index is 12.5. The van der Waals surface area contributed by atoms with E-state index in [-0.39, 0.29) is 17.0 Å². The molecule has 1 aromatic heterocycles. The number of amides is 1. The molecule has 0 spiro atoms. The molecule has 1 aliphatic rings. The van der Waals surface area contributed by atoms with Gasteiger partial charge in [0.1, 0.15) is 5.82 Å². The predicted molar refractivity (Wildman–Crippen MR) is 70.4 cm³/mol. The molecule has 0 fully saturated rings. The van der Waals surface area contributed by atoms with Crippen LogP contribution in [-0.4, -0.2) is 38.0 Å². The number of benzene rings is 1. The molecule has 6 heteroatoms. The zero-order valence-electron chi connectivity index (χ0n) is 10.7. The number of carboxylic acids is 1. The summed E-state index contributed by atoms with van der Waals surface area (Å²) in [5, 5.41) is 9.15. The van der Waals surface area contributed by atoms with Gasteiger partial charge in [0.15, 0.2) is 0 Å². The van der Waals surface area contributed by atoms with Gasteiger partial charge < -0.3 is 14.6 Å². The summed E-state index contributed by atoms with van der Waals surface area (Å²) in [5.41, 5.74) is 0.256. The number of aromatic nitrogens is 2. The molecule has 6 nitrogen and oxygen atoms in total. The van der Waals surface area contributed by atoms with Gasteiger partial charge in [-0.3, -0.25) is 4.79 Å². The smallest absolute Gasteiger partial charge is 0.336 e. The molecule has 0 saturated heterocycles. The Hall–Kier alpha value is -2.63. The molecule has 0 unspecified atom stereocenters. The summed E-state index contributed by atoms with van der Waals surface area (Å²) in [6.07, 6.45) is 3.58. The van der Waals surface area contributed by atoms with Crippen molar-refractivity contribution < 1.29 is 14.7 Å². The second kappa shape index (κ2) is 4.80. The third kappa shape index (κ3) is 2.05. The van der Waals surface area contributed by atoms with Crippen LogP contribution < -0.4 is 0 Å². The van der Waals surface area contributed by atoms with Gasteiger partial charge in [0.05, 0.1) is 17.7 Å². The van der Waals surface area contributed by atoms with Crippen molar-refractivity contribution >= 4 is 11.9 Å². The van der Waals surface area contributed by atoms with Crippen molar-refractivity contribution in [2.75, 3.05) is 6.54 Å². The molecule has 3 rings (SSSR count). The van der Waals surface area contributed by atoms with E-state index in [4.69, 9.17) is 5.11 Å². The van der Waals surface area contributed by atoms with Gasteiger partial charge in [0, 0.05) is 25.5 Å². The van der Waals surface area contributed by atoms with Gasteiger partial charge in [0.25, 0.3) is 5.91 Å². The Balaban J connectivity index is 1.89. The van der Waals surface area contributed by atoms with E-state index in [2.05, 4.69) is 4.98 Å². The average Bonchev–Trinajstić information content (AvgIpc) is 2.93. The van der Waals surface area contributed by atoms with Crippen LogP contribution >= 0.6 is 0 Å². The minimum absolute atomic E-state index is 0.0337. The summed E-state index contributed by atoms with van der Waals surface area (Å²) in [6.45, 7) is 1.63. The lowest BCUT2D eigenvalue weighted by atomic mass is 10.1. The van der Waals surface area contributed by atoms with Crippen molar-refractivity contribution in [1.82, 2.24) is 14.5 Å². The minimum Gasteiger partial charge on any atom is -0.478 e. The number of hydrogen-bond donors (Lipinski definition) is 1. The number of fused-ring (bicyclic) bond motifs is 1. The standard InChI is InChI=1S/C14H13N3O3/c18-13(10-3-1-2-4-11(10)14(19)20)17-8-7-16-6-5-15-12(16)9-17/h1-6H,7-9H2,(H,19,20). The minimum atomic E-state index is -1.09. The fourth-order valence-corrected chi connectivity index (χ4v) is 2.37. The highest BCUT2D eigenvalue weighted by Gasteiger charge is 2.25. The summed E-state index contributed by atoms with van der Waals surface area (Å²) in [4.78, 5) is 29.5. The number of carbonyl (C=O) groups excluding carboxylic acids is 1. The number of carbonyl (C=O) groups is 2. The summed E-state index contributed by atoms with van der Waals surface area (Å²) < 4.78 is 1.99. The Bertz CT molecular complexity index is 678. The molecule has 0 aliphatic carbocycles. The van der Waals surface area contributed by atoms with Crippen LogP contribution in [0.15, 0.2) is 36.7 Å². The molecule has 2 aromatic rings. The number of rotatable bonds is 2. The third-order valence-corrected chi connectivity index (χ3v) is 3.42. The van der Waals surface area contributed by atoms with Crippen molar-refractivity contribution in [2.24, 2.45) is 0 Å². The summed E-state index contributed by atoms with van der Waals surface area (Å²) in [6, 6.07) is 6.28. The summed E-state index contributed by atoms with van der Waals surface area (Å²) in [5.74, 6) is -0.540. The Morgan fingerprint density at radius 2 is 1.90 bits per heavy atom. The number of nitrogens with zero attached hydrogens (tertiary/aromatic N) is 3. The fraction of sp³-hybridized carbons (Fsp3) is 0.214. The van der Waals surface area contributed by atoms with Crippen LogP contribution in [0.5, 0.6) is 0 Å². The second-order valence-corrected chi connectivity index (χ2v) is 4.61. The number of hydrogen-bond acceptors (Lipinski definition) is 3. The molecule has 1 N–H and O–H groups in total. The van der Waals surface area contributed by atoms with E-state index in [1.165, 1.54) is 6.07 Å². The summed E-state index contributed by atoms with van der Waals surface area (Å²) in [7, 11) is 0. The van der Waals surface area contributed by atoms with Crippen molar-refractivity contribution in [3.05, 3.63) is 53.6 Å². The number of carboxylic acid groups (broad SMARTS) is 1. The Kier molecular flexibility index (Phi) is 2.98. The third-order valence-electron chi connectivity index (χ3n) is 3.42. The predicted octanol–water partition coefficient (Wildman–Crippen LogP) is 1.24. The van der Waals surface area contributed by atoms with Crippen LogP contribution in [0.3, 0.4) is 0 Å². The number of imidazole rings is 1. The Labute approximate surface area is 115 Å².